The first-order chi connectivity index (χ1) is 8.78. The fourth-order valence-corrected chi connectivity index (χ4v) is 1.85. The van der Waals surface area contributed by atoms with E-state index in [1.54, 1.807) is 0 Å². The average Bonchev–Trinajstić information content (AvgIpc) is 2.69. The lowest BCUT2D eigenvalue weighted by molar-refractivity contribution is -0.106. The highest BCUT2D eigenvalue weighted by Gasteiger charge is 2.23. The van der Waals surface area contributed by atoms with Crippen LogP contribution in [-0.2, 0) is 9.53 Å². The zero-order chi connectivity index (χ0) is 15.1. The highest BCUT2D eigenvalue weighted by Crippen LogP contribution is 2.34. The molecule has 1 heterocycles. The number of methoxy groups -OCH3 is 2. The topological polar surface area (TPSA) is 101 Å². The Morgan fingerprint density at radius 3 is 2.26 bits per heavy atom. The monoisotopic (exact) mass is 290 g/mol. The first-order valence-corrected chi connectivity index (χ1v) is 6.08. The lowest BCUT2D eigenvalue weighted by atomic mass is 10.2. The van der Waals surface area contributed by atoms with Gasteiger partial charge in [-0.05, 0) is 32.1 Å². The number of amides is 1. The molecule has 1 aromatic heterocycles. The quantitative estimate of drug-likeness (QED) is 0.663. The van der Waals surface area contributed by atoms with Crippen LogP contribution in [0.25, 0.3) is 0 Å². The van der Waals surface area contributed by atoms with Crippen molar-refractivity contribution in [2.45, 2.75) is 26.4 Å². The van der Waals surface area contributed by atoms with E-state index >= 15 is 0 Å². The number of hydrogen-bond acceptors (Lipinski definition) is 7. The van der Waals surface area contributed by atoms with E-state index < -0.39 is 5.97 Å². The van der Waals surface area contributed by atoms with Crippen molar-refractivity contribution < 1.29 is 23.8 Å². The summed E-state index contributed by atoms with van der Waals surface area (Å²) >= 11 is 1.17. The number of nitrogens with two attached hydrogens (primary N) is 1. The third kappa shape index (κ3) is 6.05. The van der Waals surface area contributed by atoms with E-state index in [-0.39, 0.29) is 17.7 Å². The van der Waals surface area contributed by atoms with Crippen LogP contribution >= 0.6 is 11.3 Å². The molecule has 0 aliphatic heterocycles. The van der Waals surface area contributed by atoms with E-state index in [9.17, 15) is 4.79 Å². The first-order valence-electron chi connectivity index (χ1n) is 5.26. The molecule has 8 heteroatoms. The minimum absolute atomic E-state index is 0.147. The Morgan fingerprint density at radius 1 is 1.37 bits per heavy atom. The summed E-state index contributed by atoms with van der Waals surface area (Å²) in [5.74, 6) is -0.531. The maximum absolute atomic E-state index is 11.4. The predicted octanol–water partition coefficient (Wildman–Crippen LogP) is 1.22. The Kier molecular flexibility index (Phi) is 6.84. The number of carbonyl (C=O) groups is 2. The highest BCUT2D eigenvalue weighted by molar-refractivity contribution is 7.15. The molecule has 0 bridgehead atoms. The standard InChI is InChI=1S/C10H15NO4S.CH3NO/c1-10(2,3)15-9-11-6(7(12)13-4)8(14-5)16-9;2-1-3/h1-5H3;1H,(H2,2,3). The number of hydrogen-bond donors (Lipinski definition) is 1. The Hall–Kier alpha value is -1.83. The van der Waals surface area contributed by atoms with Gasteiger partial charge in [-0.25, -0.2) is 4.79 Å². The molecule has 0 radical (unpaired) electrons. The van der Waals surface area contributed by atoms with Crippen molar-refractivity contribution in [2.24, 2.45) is 5.73 Å². The van der Waals surface area contributed by atoms with Gasteiger partial charge in [-0.1, -0.05) is 0 Å². The SMILES string of the molecule is COC(=O)c1nc(OC(C)(C)C)sc1OC.NC=O. The molecular formula is C11H18N2O5S. The molecule has 2 N–H and O–H groups in total. The van der Waals surface area contributed by atoms with Crippen molar-refractivity contribution in [2.75, 3.05) is 14.2 Å². The summed E-state index contributed by atoms with van der Waals surface area (Å²) in [7, 11) is 2.77. The zero-order valence-corrected chi connectivity index (χ0v) is 12.4. The number of primary amides is 1. The van der Waals surface area contributed by atoms with Crippen molar-refractivity contribution in [3.63, 3.8) is 0 Å². The number of rotatable bonds is 3. The van der Waals surface area contributed by atoms with Crippen LogP contribution in [0.15, 0.2) is 0 Å². The number of carbonyl (C=O) groups excluding carboxylic acids is 2. The Morgan fingerprint density at radius 2 is 1.89 bits per heavy atom. The van der Waals surface area contributed by atoms with Gasteiger partial charge in [-0.3, -0.25) is 4.79 Å². The van der Waals surface area contributed by atoms with Gasteiger partial charge >= 0.3 is 5.97 Å². The molecule has 1 amide bonds. The fourth-order valence-electron chi connectivity index (χ4n) is 0.957. The second-order valence-corrected chi connectivity index (χ2v) is 5.09. The number of thiazole rings is 1. The lowest BCUT2D eigenvalue weighted by Gasteiger charge is -2.18. The van der Waals surface area contributed by atoms with Crippen LogP contribution in [-0.4, -0.2) is 37.2 Å². The molecule has 0 aliphatic rings. The molecule has 108 valence electrons. The molecule has 0 unspecified atom stereocenters. The molecule has 0 aliphatic carbocycles. The summed E-state index contributed by atoms with van der Waals surface area (Å²) in [5, 5.41) is 0.788. The molecule has 1 aromatic rings. The van der Waals surface area contributed by atoms with Gasteiger partial charge in [0, 0.05) is 0 Å². The molecule has 19 heavy (non-hydrogen) atoms. The van der Waals surface area contributed by atoms with Crippen LogP contribution in [0.1, 0.15) is 31.3 Å². The number of esters is 1. The highest BCUT2D eigenvalue weighted by atomic mass is 32.1. The molecule has 0 saturated heterocycles. The molecule has 7 nitrogen and oxygen atoms in total. The molecule has 0 aromatic carbocycles. The smallest absolute Gasteiger partial charge is 0.361 e. The summed E-state index contributed by atoms with van der Waals surface area (Å²) in [6.07, 6.45) is 0.250. The molecular weight excluding hydrogens is 272 g/mol. The fraction of sp³-hybridized carbons (Fsp3) is 0.545. The summed E-state index contributed by atoms with van der Waals surface area (Å²) < 4.78 is 15.2. The maximum atomic E-state index is 11.4. The van der Waals surface area contributed by atoms with Gasteiger partial charge in [0.05, 0.1) is 14.2 Å². The van der Waals surface area contributed by atoms with Crippen molar-refractivity contribution in [1.82, 2.24) is 4.98 Å². The van der Waals surface area contributed by atoms with E-state index in [0.29, 0.717) is 10.3 Å². The zero-order valence-electron chi connectivity index (χ0n) is 11.6. The Bertz CT molecular complexity index is 425. The van der Waals surface area contributed by atoms with Gasteiger partial charge in [0.25, 0.3) is 5.19 Å². The molecule has 0 spiro atoms. The number of ether oxygens (including phenoxy) is 3. The van der Waals surface area contributed by atoms with Crippen LogP contribution in [0.2, 0.25) is 0 Å². The normalized spacial score (nSPS) is 9.95. The second kappa shape index (κ2) is 7.57. The van der Waals surface area contributed by atoms with Crippen LogP contribution in [0, 0.1) is 0 Å². The number of aromatic nitrogens is 1. The lowest BCUT2D eigenvalue weighted by Crippen LogP contribution is -2.22. The van der Waals surface area contributed by atoms with E-state index in [1.807, 2.05) is 20.8 Å². The molecule has 0 atom stereocenters. The second-order valence-electron chi connectivity index (χ2n) is 4.16. The molecule has 0 fully saturated rings. The Balaban J connectivity index is 0.000000982. The third-order valence-electron chi connectivity index (χ3n) is 1.53. The largest absolute Gasteiger partial charge is 0.485 e. The van der Waals surface area contributed by atoms with E-state index in [4.69, 9.17) is 14.3 Å². The third-order valence-corrected chi connectivity index (χ3v) is 2.43. The van der Waals surface area contributed by atoms with Crippen molar-refractivity contribution >= 4 is 23.7 Å². The van der Waals surface area contributed by atoms with Crippen LogP contribution in [0.3, 0.4) is 0 Å². The average molecular weight is 290 g/mol. The molecule has 1 rings (SSSR count). The van der Waals surface area contributed by atoms with Gasteiger partial charge in [0.2, 0.25) is 17.2 Å². The van der Waals surface area contributed by atoms with E-state index in [1.165, 1.54) is 25.6 Å². The van der Waals surface area contributed by atoms with Gasteiger partial charge in [0.1, 0.15) is 5.60 Å². The van der Waals surface area contributed by atoms with Gasteiger partial charge in [-0.2, -0.15) is 4.98 Å². The number of nitrogens with zero attached hydrogens (tertiary/aromatic N) is 1. The summed E-state index contributed by atoms with van der Waals surface area (Å²) in [6, 6.07) is 0. The summed E-state index contributed by atoms with van der Waals surface area (Å²) in [5.41, 5.74) is 3.95. The minimum Gasteiger partial charge on any atom is -0.485 e. The Labute approximate surface area is 115 Å². The van der Waals surface area contributed by atoms with Gasteiger partial charge in [-0.15, -0.1) is 0 Å². The van der Waals surface area contributed by atoms with Crippen LogP contribution in [0.4, 0.5) is 0 Å². The summed E-state index contributed by atoms with van der Waals surface area (Å²) in [6.45, 7) is 5.70. The minimum atomic E-state index is -0.531. The van der Waals surface area contributed by atoms with Crippen molar-refractivity contribution in [3.8, 4) is 10.3 Å². The van der Waals surface area contributed by atoms with E-state index in [2.05, 4.69) is 15.5 Å². The van der Waals surface area contributed by atoms with Crippen molar-refractivity contribution in [1.29, 1.82) is 0 Å². The van der Waals surface area contributed by atoms with Crippen LogP contribution in [0.5, 0.6) is 10.3 Å². The summed E-state index contributed by atoms with van der Waals surface area (Å²) in [4.78, 5) is 24.0. The van der Waals surface area contributed by atoms with Gasteiger partial charge < -0.3 is 19.9 Å². The molecule has 0 saturated carbocycles. The first kappa shape index (κ1) is 17.2. The van der Waals surface area contributed by atoms with Gasteiger partial charge in [0.15, 0.2) is 0 Å². The predicted molar refractivity (Wildman–Crippen MR) is 70.6 cm³/mol. The van der Waals surface area contributed by atoms with E-state index in [0.717, 1.165) is 0 Å². The van der Waals surface area contributed by atoms with Crippen LogP contribution < -0.4 is 15.2 Å². The van der Waals surface area contributed by atoms with Crippen molar-refractivity contribution in [3.05, 3.63) is 5.69 Å². The maximum Gasteiger partial charge on any atom is 0.361 e.